The lowest BCUT2D eigenvalue weighted by Crippen LogP contribution is -2.22. The first-order valence-corrected chi connectivity index (χ1v) is 9.97. The van der Waals surface area contributed by atoms with Crippen LogP contribution in [0.15, 0.2) is 35.0 Å². The average molecular weight is 367 g/mol. The zero-order chi connectivity index (χ0) is 19.0. The summed E-state index contributed by atoms with van der Waals surface area (Å²) in [5.41, 5.74) is 3.66. The molecule has 1 fully saturated rings. The number of rotatable bonds is 6. The molecule has 4 rings (SSSR count). The van der Waals surface area contributed by atoms with Crippen molar-refractivity contribution in [2.24, 2.45) is 0 Å². The van der Waals surface area contributed by atoms with E-state index in [0.717, 1.165) is 43.3 Å². The molecule has 3 aromatic rings. The van der Waals surface area contributed by atoms with Crippen molar-refractivity contribution in [3.63, 3.8) is 0 Å². The monoisotopic (exact) mass is 367 g/mol. The van der Waals surface area contributed by atoms with E-state index in [9.17, 15) is 0 Å². The topological polar surface area (TPSA) is 43.4 Å². The fourth-order valence-corrected chi connectivity index (χ4v) is 4.15. The van der Waals surface area contributed by atoms with Gasteiger partial charge in [-0.15, -0.1) is 0 Å². The lowest BCUT2D eigenvalue weighted by molar-refractivity contribution is 0.207. The van der Waals surface area contributed by atoms with Crippen molar-refractivity contribution in [2.75, 3.05) is 13.7 Å². The third-order valence-corrected chi connectivity index (χ3v) is 5.72. The number of benzene rings is 1. The van der Waals surface area contributed by atoms with Gasteiger partial charge >= 0.3 is 0 Å². The fourth-order valence-electron chi connectivity index (χ4n) is 4.15. The summed E-state index contributed by atoms with van der Waals surface area (Å²) in [5, 5.41) is 5.55. The molecule has 27 heavy (non-hydrogen) atoms. The summed E-state index contributed by atoms with van der Waals surface area (Å²) in [6.07, 6.45) is 4.61. The molecule has 1 aromatic carbocycles. The van der Waals surface area contributed by atoms with E-state index in [1.807, 2.05) is 6.07 Å². The van der Waals surface area contributed by atoms with Crippen molar-refractivity contribution in [1.82, 2.24) is 14.6 Å². The lowest BCUT2D eigenvalue weighted by Gasteiger charge is -2.22. The largest absolute Gasteiger partial charge is 0.497 e. The predicted octanol–water partition coefficient (Wildman–Crippen LogP) is 5.12. The second kappa shape index (κ2) is 7.39. The minimum atomic E-state index is 0.315. The van der Waals surface area contributed by atoms with Gasteiger partial charge in [-0.3, -0.25) is 4.90 Å². The molecule has 0 radical (unpaired) electrons. The molecule has 0 N–H and O–H groups in total. The molecule has 0 spiro atoms. The average Bonchev–Trinajstić information content (AvgIpc) is 3.40. The summed E-state index contributed by atoms with van der Waals surface area (Å²) in [4.78, 5) is 2.53. The zero-order valence-corrected chi connectivity index (χ0v) is 16.7. The maximum atomic E-state index is 5.71. The van der Waals surface area contributed by atoms with Crippen LogP contribution in [0.5, 0.6) is 5.75 Å². The van der Waals surface area contributed by atoms with Gasteiger partial charge in [0.25, 0.3) is 0 Å². The van der Waals surface area contributed by atoms with Crippen LogP contribution in [0.2, 0.25) is 0 Å². The molecular weight excluding hydrogens is 338 g/mol. The van der Waals surface area contributed by atoms with E-state index in [1.165, 1.54) is 22.9 Å². The summed E-state index contributed by atoms with van der Waals surface area (Å²) in [7, 11) is 1.73. The maximum Gasteiger partial charge on any atom is 0.154 e. The number of likely N-dealkylation sites (tertiary alicyclic amines) is 1. The van der Waals surface area contributed by atoms with Crippen LogP contribution in [0.1, 0.15) is 62.6 Å². The van der Waals surface area contributed by atoms with Crippen LogP contribution in [0.4, 0.5) is 0 Å². The van der Waals surface area contributed by atoms with Gasteiger partial charge in [-0.2, -0.15) is 0 Å². The Morgan fingerprint density at radius 3 is 2.85 bits per heavy atom. The number of methoxy groups -OCH3 is 1. The molecular formula is C22H29N3O2. The Hall–Kier alpha value is -2.27. The van der Waals surface area contributed by atoms with E-state index in [1.54, 1.807) is 7.11 Å². The van der Waals surface area contributed by atoms with Crippen molar-refractivity contribution in [3.05, 3.63) is 47.5 Å². The number of nitrogens with zero attached hydrogens (tertiary/aromatic N) is 3. The molecule has 0 unspecified atom stereocenters. The van der Waals surface area contributed by atoms with Crippen LogP contribution >= 0.6 is 0 Å². The standard InChI is InChI=1S/C22H29N3O2/c1-5-24-13-16(18-11-17(26-4)8-9-20(18)24)14-25-10-6-7-21(25)22-12-19(15(2)3)23-27-22/h8-9,11-13,15,21H,5-7,10,14H2,1-4H3/t21-/m0/s1. The van der Waals surface area contributed by atoms with E-state index in [2.05, 4.69) is 59.8 Å². The van der Waals surface area contributed by atoms with Gasteiger partial charge in [0.15, 0.2) is 5.76 Å². The number of aromatic nitrogens is 2. The molecule has 1 aliphatic heterocycles. The summed E-state index contributed by atoms with van der Waals surface area (Å²) < 4.78 is 13.5. The maximum absolute atomic E-state index is 5.71. The van der Waals surface area contributed by atoms with E-state index < -0.39 is 0 Å². The predicted molar refractivity (Wildman–Crippen MR) is 107 cm³/mol. The quantitative estimate of drug-likeness (QED) is 0.607. The molecule has 1 atom stereocenters. The molecule has 0 amide bonds. The Morgan fingerprint density at radius 2 is 2.15 bits per heavy atom. The van der Waals surface area contributed by atoms with Gasteiger partial charge in [0, 0.05) is 36.3 Å². The Kier molecular flexibility index (Phi) is 4.96. The smallest absolute Gasteiger partial charge is 0.154 e. The molecule has 144 valence electrons. The van der Waals surface area contributed by atoms with E-state index in [-0.39, 0.29) is 0 Å². The highest BCUT2D eigenvalue weighted by Gasteiger charge is 2.30. The summed E-state index contributed by atoms with van der Waals surface area (Å²) in [5.74, 6) is 2.31. The molecule has 0 bridgehead atoms. The Labute approximate surface area is 160 Å². The highest BCUT2D eigenvalue weighted by Crippen LogP contribution is 2.36. The third-order valence-electron chi connectivity index (χ3n) is 5.72. The van der Waals surface area contributed by atoms with Gasteiger partial charge in [0.05, 0.1) is 18.8 Å². The molecule has 3 heterocycles. The third kappa shape index (κ3) is 3.36. The number of aryl methyl sites for hydroxylation is 1. The van der Waals surface area contributed by atoms with Crippen LogP contribution in [0, 0.1) is 0 Å². The Balaban J connectivity index is 1.64. The highest BCUT2D eigenvalue weighted by atomic mass is 16.5. The summed E-state index contributed by atoms with van der Waals surface area (Å²) in [6, 6.07) is 8.82. The number of hydrogen-bond donors (Lipinski definition) is 0. The molecule has 5 nitrogen and oxygen atoms in total. The number of hydrogen-bond acceptors (Lipinski definition) is 4. The van der Waals surface area contributed by atoms with Crippen molar-refractivity contribution in [2.45, 2.75) is 58.7 Å². The van der Waals surface area contributed by atoms with Gasteiger partial charge in [-0.1, -0.05) is 19.0 Å². The van der Waals surface area contributed by atoms with Crippen LogP contribution in [0.3, 0.4) is 0 Å². The highest BCUT2D eigenvalue weighted by molar-refractivity contribution is 5.85. The van der Waals surface area contributed by atoms with Crippen LogP contribution in [-0.2, 0) is 13.1 Å². The van der Waals surface area contributed by atoms with E-state index in [4.69, 9.17) is 9.26 Å². The second-order valence-corrected chi connectivity index (χ2v) is 7.76. The normalized spacial score (nSPS) is 18.0. The van der Waals surface area contributed by atoms with Gasteiger partial charge in [0.2, 0.25) is 0 Å². The Bertz CT molecular complexity index is 925. The van der Waals surface area contributed by atoms with Crippen LogP contribution in [0.25, 0.3) is 10.9 Å². The molecule has 1 aliphatic rings. The van der Waals surface area contributed by atoms with Crippen molar-refractivity contribution in [1.29, 1.82) is 0 Å². The first-order valence-electron chi connectivity index (χ1n) is 9.97. The van der Waals surface area contributed by atoms with Gasteiger partial charge in [-0.05, 0) is 56.0 Å². The second-order valence-electron chi connectivity index (χ2n) is 7.76. The molecule has 5 heteroatoms. The summed E-state index contributed by atoms with van der Waals surface area (Å²) >= 11 is 0. The van der Waals surface area contributed by atoms with Gasteiger partial charge in [-0.25, -0.2) is 0 Å². The number of ether oxygens (including phenoxy) is 1. The van der Waals surface area contributed by atoms with E-state index >= 15 is 0 Å². The minimum Gasteiger partial charge on any atom is -0.497 e. The van der Waals surface area contributed by atoms with Crippen molar-refractivity contribution >= 4 is 10.9 Å². The van der Waals surface area contributed by atoms with E-state index in [0.29, 0.717) is 12.0 Å². The van der Waals surface area contributed by atoms with Crippen LogP contribution in [-0.4, -0.2) is 28.3 Å². The van der Waals surface area contributed by atoms with Gasteiger partial charge < -0.3 is 13.8 Å². The minimum absolute atomic E-state index is 0.315. The van der Waals surface area contributed by atoms with Gasteiger partial charge in [0.1, 0.15) is 5.75 Å². The SMILES string of the molecule is CCn1cc(CN2CCC[C@H]2c2cc(C(C)C)no2)c2cc(OC)ccc21. The lowest BCUT2D eigenvalue weighted by atomic mass is 10.1. The first kappa shape index (κ1) is 18.1. The fraction of sp³-hybridized carbons (Fsp3) is 0.500. The molecule has 2 aromatic heterocycles. The first-order chi connectivity index (χ1) is 13.1. The van der Waals surface area contributed by atoms with Crippen LogP contribution < -0.4 is 4.74 Å². The molecule has 0 aliphatic carbocycles. The van der Waals surface area contributed by atoms with Crippen molar-refractivity contribution < 1.29 is 9.26 Å². The number of fused-ring (bicyclic) bond motifs is 1. The molecule has 1 saturated heterocycles. The Morgan fingerprint density at radius 1 is 1.30 bits per heavy atom. The molecule has 0 saturated carbocycles. The zero-order valence-electron chi connectivity index (χ0n) is 16.7. The van der Waals surface area contributed by atoms with Crippen molar-refractivity contribution in [3.8, 4) is 5.75 Å². The summed E-state index contributed by atoms with van der Waals surface area (Å²) in [6.45, 7) is 9.46.